The molecule has 228 valence electrons. The van der Waals surface area contributed by atoms with Crippen LogP contribution in [-0.2, 0) is 20.8 Å². The highest BCUT2D eigenvalue weighted by molar-refractivity contribution is 5.94. The fourth-order valence-electron chi connectivity index (χ4n) is 4.80. The number of ketones is 1. The Morgan fingerprint density at radius 3 is 2.05 bits per heavy atom. The third-order valence-electron chi connectivity index (χ3n) is 7.36. The largest absolute Gasteiger partial charge is 0.457 e. The summed E-state index contributed by atoms with van der Waals surface area (Å²) in [4.78, 5) is 53.5. The third-order valence-corrected chi connectivity index (χ3v) is 7.36. The maximum Gasteiger partial charge on any atom is 0.354 e. The lowest BCUT2D eigenvalue weighted by Crippen LogP contribution is -2.47. The van der Waals surface area contributed by atoms with E-state index in [0.29, 0.717) is 48.1 Å². The zero-order valence-corrected chi connectivity index (χ0v) is 24.5. The fraction of sp³-hybridized carbons (Fsp3) is 0.323. The van der Waals surface area contributed by atoms with E-state index in [9.17, 15) is 24.5 Å². The monoisotopic (exact) mass is 610 g/mol. The first kappa shape index (κ1) is 33.0. The quantitative estimate of drug-likeness (QED) is 0.139. The number of rotatable bonds is 12. The summed E-state index contributed by atoms with van der Waals surface area (Å²) in [6.45, 7) is 2.07. The van der Waals surface area contributed by atoms with Gasteiger partial charge in [-0.2, -0.15) is 0 Å². The molecule has 1 aliphatic rings. The molecule has 0 radical (unpaired) electrons. The standard InChI is InChI=1S/C31H34N4O7.ClH/c1-20(36)23-8-10-25(11-9-23)34-42-31(38)29(33-30(37)24-6-2-22(19-32)3-7-24)18-21-4-14-27(15-5-21)41-28-16-12-26(13-17-28)35(39)40;/h4-5,8-17,22,24,29,34H,2-3,6-7,18-19,32H2,1H3,(H,33,37);1H/t22?,24?,29-;/m0./s1. The maximum atomic E-state index is 13.2. The number of ether oxygens (including phenoxy) is 1. The number of nitrogens with one attached hydrogen (secondary N) is 2. The lowest BCUT2D eigenvalue weighted by atomic mass is 9.81. The fourth-order valence-corrected chi connectivity index (χ4v) is 4.80. The van der Waals surface area contributed by atoms with Crippen molar-refractivity contribution in [3.63, 3.8) is 0 Å². The van der Waals surface area contributed by atoms with Gasteiger partial charge in [-0.3, -0.25) is 19.7 Å². The summed E-state index contributed by atoms with van der Waals surface area (Å²) in [5.41, 5.74) is 10.1. The average molecular weight is 611 g/mol. The SMILES string of the molecule is CC(=O)c1ccc(NOC(=O)[C@H](Cc2ccc(Oc3ccc([N+](=O)[O-])cc3)cc2)NC(=O)C2CCC(CN)CC2)cc1.Cl. The molecule has 4 N–H and O–H groups in total. The number of nitrogens with two attached hydrogens (primary N) is 1. The first-order valence-electron chi connectivity index (χ1n) is 13.8. The molecule has 0 spiro atoms. The number of benzene rings is 3. The van der Waals surface area contributed by atoms with Gasteiger partial charge in [-0.05, 0) is 99.2 Å². The molecule has 0 bridgehead atoms. The zero-order valence-electron chi connectivity index (χ0n) is 23.7. The number of hydrogen-bond acceptors (Lipinski definition) is 9. The lowest BCUT2D eigenvalue weighted by Gasteiger charge is -2.28. The van der Waals surface area contributed by atoms with Crippen LogP contribution in [0.2, 0.25) is 0 Å². The number of amides is 1. The highest BCUT2D eigenvalue weighted by Crippen LogP contribution is 2.29. The number of carbonyl (C=O) groups excluding carboxylic acids is 3. The van der Waals surface area contributed by atoms with Gasteiger partial charge in [0.1, 0.15) is 17.5 Å². The van der Waals surface area contributed by atoms with Crippen LogP contribution in [0.15, 0.2) is 72.8 Å². The summed E-state index contributed by atoms with van der Waals surface area (Å²) >= 11 is 0. The molecule has 0 aliphatic heterocycles. The van der Waals surface area contributed by atoms with Gasteiger partial charge in [0.2, 0.25) is 5.91 Å². The second-order valence-electron chi connectivity index (χ2n) is 10.4. The number of Topliss-reactive ketones (excluding diaryl/α,β-unsaturated/α-hetero) is 1. The average Bonchev–Trinajstić information content (AvgIpc) is 3.01. The maximum absolute atomic E-state index is 13.2. The summed E-state index contributed by atoms with van der Waals surface area (Å²) in [6.07, 6.45) is 3.34. The summed E-state index contributed by atoms with van der Waals surface area (Å²) in [5, 5.41) is 13.7. The molecule has 3 aromatic rings. The minimum atomic E-state index is -0.963. The van der Waals surface area contributed by atoms with Gasteiger partial charge in [-0.15, -0.1) is 12.4 Å². The molecule has 1 atom stereocenters. The van der Waals surface area contributed by atoms with E-state index in [1.807, 2.05) is 0 Å². The van der Waals surface area contributed by atoms with Gasteiger partial charge in [0.25, 0.3) is 5.69 Å². The highest BCUT2D eigenvalue weighted by Gasteiger charge is 2.30. The van der Waals surface area contributed by atoms with Crippen LogP contribution in [0.1, 0.15) is 48.5 Å². The molecule has 0 aromatic heterocycles. The van der Waals surface area contributed by atoms with Gasteiger partial charge >= 0.3 is 5.97 Å². The third kappa shape index (κ3) is 9.52. The Balaban J connectivity index is 0.00000506. The first-order valence-corrected chi connectivity index (χ1v) is 13.8. The van der Waals surface area contributed by atoms with E-state index in [0.717, 1.165) is 18.4 Å². The molecule has 3 aromatic carbocycles. The van der Waals surface area contributed by atoms with Crippen molar-refractivity contribution in [1.29, 1.82) is 0 Å². The molecule has 1 amide bonds. The summed E-state index contributed by atoms with van der Waals surface area (Å²) < 4.78 is 5.77. The number of nitro benzene ring substituents is 1. The van der Waals surface area contributed by atoms with Crippen molar-refractivity contribution in [2.75, 3.05) is 12.0 Å². The van der Waals surface area contributed by atoms with E-state index >= 15 is 0 Å². The number of halogens is 1. The van der Waals surface area contributed by atoms with Crippen molar-refractivity contribution in [2.24, 2.45) is 17.6 Å². The Morgan fingerprint density at radius 2 is 1.51 bits per heavy atom. The molecule has 0 saturated heterocycles. The predicted octanol–water partition coefficient (Wildman–Crippen LogP) is 5.37. The van der Waals surface area contributed by atoms with Gasteiger partial charge in [0.05, 0.1) is 10.6 Å². The van der Waals surface area contributed by atoms with Crippen LogP contribution in [0.5, 0.6) is 11.5 Å². The van der Waals surface area contributed by atoms with Crippen LogP contribution in [0.3, 0.4) is 0 Å². The Hall–Kier alpha value is -4.48. The smallest absolute Gasteiger partial charge is 0.354 e. The van der Waals surface area contributed by atoms with Crippen LogP contribution < -0.4 is 21.3 Å². The van der Waals surface area contributed by atoms with E-state index in [1.54, 1.807) is 48.5 Å². The first-order chi connectivity index (χ1) is 20.2. The molecule has 1 fully saturated rings. The van der Waals surface area contributed by atoms with Gasteiger partial charge in [-0.1, -0.05) is 12.1 Å². The zero-order chi connectivity index (χ0) is 30.1. The van der Waals surface area contributed by atoms with E-state index < -0.39 is 16.9 Å². The van der Waals surface area contributed by atoms with E-state index in [1.165, 1.54) is 31.2 Å². The topological polar surface area (TPSA) is 163 Å². The molecule has 4 rings (SSSR count). The summed E-state index contributed by atoms with van der Waals surface area (Å²) in [5.74, 6) is 0.216. The van der Waals surface area contributed by atoms with Gasteiger partial charge in [0.15, 0.2) is 5.78 Å². The Morgan fingerprint density at radius 1 is 0.930 bits per heavy atom. The number of anilines is 1. The molecule has 11 nitrogen and oxygen atoms in total. The molecule has 0 unspecified atom stereocenters. The van der Waals surface area contributed by atoms with Gasteiger partial charge < -0.3 is 20.6 Å². The van der Waals surface area contributed by atoms with Crippen molar-refractivity contribution in [3.8, 4) is 11.5 Å². The number of nitrogens with zero attached hydrogens (tertiary/aromatic N) is 1. The second kappa shape index (κ2) is 15.7. The van der Waals surface area contributed by atoms with Crippen molar-refractivity contribution >= 4 is 41.4 Å². The molecular weight excluding hydrogens is 576 g/mol. The minimum Gasteiger partial charge on any atom is -0.457 e. The number of carbonyl (C=O) groups is 3. The number of non-ortho nitro benzene ring substituents is 1. The van der Waals surface area contributed by atoms with Crippen molar-refractivity contribution < 1.29 is 28.9 Å². The van der Waals surface area contributed by atoms with Crippen molar-refractivity contribution in [2.45, 2.75) is 45.1 Å². The molecule has 12 heteroatoms. The summed E-state index contributed by atoms with van der Waals surface area (Å²) in [7, 11) is 0. The van der Waals surface area contributed by atoms with E-state index in [2.05, 4.69) is 10.8 Å². The molecule has 0 heterocycles. The van der Waals surface area contributed by atoms with Crippen LogP contribution in [0, 0.1) is 22.0 Å². The van der Waals surface area contributed by atoms with Gasteiger partial charge in [0, 0.05) is 30.0 Å². The highest BCUT2D eigenvalue weighted by atomic mass is 35.5. The van der Waals surface area contributed by atoms with Crippen LogP contribution >= 0.6 is 12.4 Å². The Bertz CT molecular complexity index is 1390. The molecule has 43 heavy (non-hydrogen) atoms. The lowest BCUT2D eigenvalue weighted by molar-refractivity contribution is -0.384. The molecular formula is C31H35ClN4O7. The van der Waals surface area contributed by atoms with E-state index in [4.69, 9.17) is 15.3 Å². The number of hydrogen-bond donors (Lipinski definition) is 3. The Labute approximate surface area is 255 Å². The molecule has 1 aliphatic carbocycles. The van der Waals surface area contributed by atoms with Crippen molar-refractivity contribution in [1.82, 2.24) is 5.32 Å². The predicted molar refractivity (Wildman–Crippen MR) is 163 cm³/mol. The van der Waals surface area contributed by atoms with Crippen molar-refractivity contribution in [3.05, 3.63) is 94.0 Å². The second-order valence-corrected chi connectivity index (χ2v) is 10.4. The molecule has 1 saturated carbocycles. The van der Waals surface area contributed by atoms with Crippen LogP contribution in [0.25, 0.3) is 0 Å². The number of nitro groups is 1. The summed E-state index contributed by atoms with van der Waals surface area (Å²) in [6, 6.07) is 18.2. The van der Waals surface area contributed by atoms with E-state index in [-0.39, 0.29) is 42.1 Å². The van der Waals surface area contributed by atoms with Crippen LogP contribution in [0.4, 0.5) is 11.4 Å². The van der Waals surface area contributed by atoms with Crippen LogP contribution in [-0.4, -0.2) is 35.2 Å². The van der Waals surface area contributed by atoms with Gasteiger partial charge in [-0.25, -0.2) is 10.3 Å². The Kier molecular flexibility index (Phi) is 12.0. The minimum absolute atomic E-state index is 0. The normalized spacial score (nSPS) is 16.6.